The SMILES string of the molecule is COc1cccc(Cl)c1C(=O)P(=O)(C(=O)c1c(Cl)cc(Cl)cc1Cl)c1ccccc1. The lowest BCUT2D eigenvalue weighted by molar-refractivity contribution is 0.104. The van der Waals surface area contributed by atoms with Crippen LogP contribution in [0.5, 0.6) is 5.75 Å². The normalized spacial score (nSPS) is 12.8. The van der Waals surface area contributed by atoms with Crippen LogP contribution in [-0.4, -0.2) is 18.2 Å². The molecular weight excluding hydrogens is 489 g/mol. The summed E-state index contributed by atoms with van der Waals surface area (Å²) in [5, 5.41) is -0.0315. The first-order valence-corrected chi connectivity index (χ1v) is 11.7. The second kappa shape index (κ2) is 9.13. The van der Waals surface area contributed by atoms with Gasteiger partial charge in [0.05, 0.1) is 33.3 Å². The van der Waals surface area contributed by atoms with Gasteiger partial charge in [0.25, 0.3) is 0 Å². The minimum Gasteiger partial charge on any atom is -0.496 e. The molecule has 0 fully saturated rings. The Hall–Kier alpha value is -1.81. The van der Waals surface area contributed by atoms with Gasteiger partial charge in [-0.15, -0.1) is 0 Å². The van der Waals surface area contributed by atoms with Crippen LogP contribution in [0, 0.1) is 0 Å². The fraction of sp³-hybridized carbons (Fsp3) is 0.0476. The summed E-state index contributed by atoms with van der Waals surface area (Å²) in [6.45, 7) is 0. The molecule has 0 spiro atoms. The topological polar surface area (TPSA) is 60.4 Å². The fourth-order valence-electron chi connectivity index (χ4n) is 2.91. The molecule has 0 amide bonds. The summed E-state index contributed by atoms with van der Waals surface area (Å²) >= 11 is 24.5. The summed E-state index contributed by atoms with van der Waals surface area (Å²) in [4.78, 5) is 27.2. The Kier molecular flexibility index (Phi) is 6.96. The van der Waals surface area contributed by atoms with Gasteiger partial charge < -0.3 is 9.30 Å². The van der Waals surface area contributed by atoms with Gasteiger partial charge in [0.1, 0.15) is 5.75 Å². The molecule has 0 aliphatic heterocycles. The van der Waals surface area contributed by atoms with E-state index in [1.54, 1.807) is 24.3 Å². The van der Waals surface area contributed by atoms with Crippen LogP contribution in [0.1, 0.15) is 20.7 Å². The zero-order chi connectivity index (χ0) is 22.1. The fourth-order valence-corrected chi connectivity index (χ4v) is 6.69. The van der Waals surface area contributed by atoms with E-state index >= 15 is 0 Å². The molecule has 3 rings (SSSR count). The summed E-state index contributed by atoms with van der Waals surface area (Å²) in [5.41, 5.74) is -2.42. The molecule has 30 heavy (non-hydrogen) atoms. The van der Waals surface area contributed by atoms with Gasteiger partial charge in [0.2, 0.25) is 18.2 Å². The van der Waals surface area contributed by atoms with E-state index < -0.39 is 18.2 Å². The molecule has 1 atom stereocenters. The average Bonchev–Trinajstić information content (AvgIpc) is 2.72. The molecule has 0 heterocycles. The van der Waals surface area contributed by atoms with Gasteiger partial charge in [-0.25, -0.2) is 0 Å². The molecule has 9 heteroatoms. The number of methoxy groups -OCH3 is 1. The quantitative estimate of drug-likeness (QED) is 0.342. The maximum atomic E-state index is 14.3. The smallest absolute Gasteiger partial charge is 0.249 e. The van der Waals surface area contributed by atoms with Gasteiger partial charge in [-0.1, -0.05) is 82.8 Å². The van der Waals surface area contributed by atoms with Crippen LogP contribution in [-0.2, 0) is 4.57 Å². The highest BCUT2D eigenvalue weighted by Crippen LogP contribution is 2.54. The largest absolute Gasteiger partial charge is 0.496 e. The lowest BCUT2D eigenvalue weighted by atomic mass is 10.2. The Morgan fingerprint density at radius 3 is 1.90 bits per heavy atom. The van der Waals surface area contributed by atoms with Crippen LogP contribution in [0.25, 0.3) is 0 Å². The van der Waals surface area contributed by atoms with Crippen molar-refractivity contribution in [2.45, 2.75) is 0 Å². The number of halogens is 4. The number of carbonyl (C=O) groups excluding carboxylic acids is 2. The van der Waals surface area contributed by atoms with E-state index in [9.17, 15) is 14.2 Å². The predicted molar refractivity (Wildman–Crippen MR) is 122 cm³/mol. The molecule has 0 saturated heterocycles. The monoisotopic (exact) mass is 500 g/mol. The van der Waals surface area contributed by atoms with Crippen LogP contribution in [0.4, 0.5) is 0 Å². The van der Waals surface area contributed by atoms with E-state index in [0.717, 1.165) is 0 Å². The van der Waals surface area contributed by atoms with Gasteiger partial charge in [0.15, 0.2) is 0 Å². The molecule has 1 unspecified atom stereocenters. The third-order valence-electron chi connectivity index (χ3n) is 4.32. The third kappa shape index (κ3) is 4.03. The maximum Gasteiger partial charge on any atom is 0.249 e. The standard InChI is InChI=1S/C21H13Cl4O4P/c1-29-17-9-5-8-14(23)19(17)21(27)30(28,13-6-3-2-4-7-13)20(26)18-15(24)10-12(22)11-16(18)25/h2-11H,1H3. The lowest BCUT2D eigenvalue weighted by Crippen LogP contribution is -2.21. The summed E-state index contributed by atoms with van der Waals surface area (Å²) in [6, 6.07) is 14.7. The molecule has 3 aromatic carbocycles. The van der Waals surface area contributed by atoms with E-state index in [4.69, 9.17) is 51.1 Å². The minimum absolute atomic E-state index is 0.00314. The Labute approximate surface area is 193 Å². The van der Waals surface area contributed by atoms with Crippen molar-refractivity contribution in [2.24, 2.45) is 0 Å². The molecular formula is C21H13Cl4O4P. The molecule has 3 aromatic rings. The zero-order valence-electron chi connectivity index (χ0n) is 15.4. The molecule has 0 radical (unpaired) electrons. The molecule has 4 nitrogen and oxygen atoms in total. The van der Waals surface area contributed by atoms with E-state index in [0.29, 0.717) is 0 Å². The van der Waals surface area contributed by atoms with Crippen LogP contribution in [0.15, 0.2) is 60.7 Å². The average molecular weight is 502 g/mol. The van der Waals surface area contributed by atoms with Crippen molar-refractivity contribution in [2.75, 3.05) is 7.11 Å². The van der Waals surface area contributed by atoms with Crippen LogP contribution >= 0.6 is 53.5 Å². The molecule has 154 valence electrons. The van der Waals surface area contributed by atoms with E-state index in [1.807, 2.05) is 0 Å². The summed E-state index contributed by atoms with van der Waals surface area (Å²) in [5.74, 6) is 0.0877. The van der Waals surface area contributed by atoms with Crippen LogP contribution in [0.3, 0.4) is 0 Å². The summed E-state index contributed by atoms with van der Waals surface area (Å²) in [6.07, 6.45) is 0. The Bertz CT molecular complexity index is 1170. The highest BCUT2D eigenvalue weighted by atomic mass is 35.5. The van der Waals surface area contributed by atoms with Crippen molar-refractivity contribution in [3.05, 3.63) is 91.9 Å². The number of carbonyl (C=O) groups is 2. The first-order chi connectivity index (χ1) is 14.2. The van der Waals surface area contributed by atoms with Gasteiger partial charge in [0, 0.05) is 10.3 Å². The Morgan fingerprint density at radius 2 is 1.33 bits per heavy atom. The highest BCUT2D eigenvalue weighted by molar-refractivity contribution is 8.01. The van der Waals surface area contributed by atoms with Crippen molar-refractivity contribution in [3.8, 4) is 5.75 Å². The number of benzene rings is 3. The van der Waals surface area contributed by atoms with Gasteiger partial charge in [-0.3, -0.25) is 9.59 Å². The van der Waals surface area contributed by atoms with Gasteiger partial charge in [-0.05, 0) is 24.3 Å². The first kappa shape index (κ1) is 22.9. The number of hydrogen-bond acceptors (Lipinski definition) is 4. The molecule has 0 bridgehead atoms. The van der Waals surface area contributed by atoms with Crippen molar-refractivity contribution >= 4 is 69.9 Å². The molecule has 0 aromatic heterocycles. The van der Waals surface area contributed by atoms with E-state index in [-0.39, 0.29) is 42.3 Å². The van der Waals surface area contributed by atoms with E-state index in [2.05, 4.69) is 0 Å². The molecule has 0 N–H and O–H groups in total. The highest BCUT2D eigenvalue weighted by Gasteiger charge is 2.45. The Balaban J connectivity index is 2.31. The maximum absolute atomic E-state index is 14.3. The molecule has 0 aliphatic carbocycles. The first-order valence-electron chi connectivity index (χ1n) is 8.44. The van der Waals surface area contributed by atoms with Crippen LogP contribution < -0.4 is 10.0 Å². The minimum atomic E-state index is -4.49. The van der Waals surface area contributed by atoms with Crippen molar-refractivity contribution in [3.63, 3.8) is 0 Å². The Morgan fingerprint density at radius 1 is 0.767 bits per heavy atom. The molecule has 0 aliphatic rings. The van der Waals surface area contributed by atoms with E-state index in [1.165, 1.54) is 43.5 Å². The van der Waals surface area contributed by atoms with Crippen molar-refractivity contribution in [1.82, 2.24) is 0 Å². The van der Waals surface area contributed by atoms with Gasteiger partial charge >= 0.3 is 0 Å². The second-order valence-electron chi connectivity index (χ2n) is 6.12. The predicted octanol–water partition coefficient (Wildman–Crippen LogP) is 6.98. The van der Waals surface area contributed by atoms with Crippen molar-refractivity contribution < 1.29 is 18.9 Å². The number of ether oxygens (including phenoxy) is 1. The summed E-state index contributed by atoms with van der Waals surface area (Å²) in [7, 11) is -3.15. The summed E-state index contributed by atoms with van der Waals surface area (Å²) < 4.78 is 19.5. The second-order valence-corrected chi connectivity index (χ2v) is 10.3. The number of hydrogen-bond donors (Lipinski definition) is 0. The zero-order valence-corrected chi connectivity index (χ0v) is 19.3. The third-order valence-corrected chi connectivity index (χ3v) is 8.07. The van der Waals surface area contributed by atoms with Crippen LogP contribution in [0.2, 0.25) is 20.1 Å². The lowest BCUT2D eigenvalue weighted by Gasteiger charge is -2.19. The molecule has 0 saturated carbocycles. The van der Waals surface area contributed by atoms with Gasteiger partial charge in [-0.2, -0.15) is 0 Å². The number of rotatable bonds is 6. The van der Waals surface area contributed by atoms with Crippen molar-refractivity contribution in [1.29, 1.82) is 0 Å².